The largest absolute Gasteiger partial charge is 0.384 e. The zero-order valence-corrected chi connectivity index (χ0v) is 16.9. The summed E-state index contributed by atoms with van der Waals surface area (Å²) in [6, 6.07) is 8.69. The summed E-state index contributed by atoms with van der Waals surface area (Å²) < 4.78 is 0. The molecule has 148 valence electrons. The first kappa shape index (κ1) is 15.4. The molecule has 1 aromatic carbocycles. The lowest BCUT2D eigenvalue weighted by Gasteiger charge is -2.63. The van der Waals surface area contributed by atoms with Crippen molar-refractivity contribution in [2.24, 2.45) is 46.3 Å². The molecular formula is C24H24ClN3O. The fourth-order valence-corrected chi connectivity index (χ4v) is 11.0. The summed E-state index contributed by atoms with van der Waals surface area (Å²) in [7, 11) is 0. The second-order valence-corrected chi connectivity index (χ2v) is 11.5. The molecule has 10 rings (SSSR count). The third-order valence-corrected chi connectivity index (χ3v) is 11.2. The van der Waals surface area contributed by atoms with Gasteiger partial charge >= 0.3 is 0 Å². The van der Waals surface area contributed by atoms with E-state index < -0.39 is 5.72 Å². The Labute approximate surface area is 174 Å². The van der Waals surface area contributed by atoms with E-state index in [1.54, 1.807) is 0 Å². The lowest BCUT2D eigenvalue weighted by Crippen LogP contribution is -2.62. The lowest BCUT2D eigenvalue weighted by molar-refractivity contribution is -0.183. The molecule has 2 bridgehead atoms. The van der Waals surface area contributed by atoms with Gasteiger partial charge < -0.3 is 10.4 Å². The van der Waals surface area contributed by atoms with Gasteiger partial charge in [0.15, 0.2) is 0 Å². The van der Waals surface area contributed by atoms with E-state index >= 15 is 0 Å². The highest BCUT2D eigenvalue weighted by Gasteiger charge is 3.15. The van der Waals surface area contributed by atoms with Crippen molar-refractivity contribution in [3.8, 4) is 0 Å². The quantitative estimate of drug-likeness (QED) is 0.721. The Bertz CT molecular complexity index is 1150. The molecule has 8 aliphatic rings. The van der Waals surface area contributed by atoms with E-state index in [9.17, 15) is 5.11 Å². The summed E-state index contributed by atoms with van der Waals surface area (Å²) in [5, 5.41) is 17.2. The Morgan fingerprint density at radius 2 is 2.07 bits per heavy atom. The maximum atomic E-state index is 11.8. The first-order valence-corrected chi connectivity index (χ1v) is 11.8. The van der Waals surface area contributed by atoms with E-state index in [4.69, 9.17) is 11.6 Å². The minimum atomic E-state index is -0.397. The van der Waals surface area contributed by atoms with Crippen LogP contribution in [-0.4, -0.2) is 39.8 Å². The predicted octanol–water partition coefficient (Wildman–Crippen LogP) is 3.59. The fraction of sp³-hybridized carbons (Fsp3) is 0.625. The number of hydrogen-bond acceptors (Lipinski definition) is 4. The molecule has 10 unspecified atom stereocenters. The second kappa shape index (κ2) is 4.19. The van der Waals surface area contributed by atoms with Crippen LogP contribution in [-0.2, 0) is 0 Å². The number of nitrogens with one attached hydrogen (secondary N) is 1. The molecule has 8 fully saturated rings. The van der Waals surface area contributed by atoms with Crippen molar-refractivity contribution in [3.05, 3.63) is 35.5 Å². The summed E-state index contributed by atoms with van der Waals surface area (Å²) in [5.74, 6) is 5.04. The van der Waals surface area contributed by atoms with Crippen LogP contribution < -0.4 is 5.32 Å². The first-order valence-electron chi connectivity index (χ1n) is 11.4. The average Bonchev–Trinajstić information content (AvgIpc) is 2.99. The van der Waals surface area contributed by atoms with Gasteiger partial charge in [-0.15, -0.1) is 0 Å². The summed E-state index contributed by atoms with van der Waals surface area (Å²) in [6.07, 6.45) is 5.64. The topological polar surface area (TPSA) is 48.4 Å². The molecule has 4 nitrogen and oxygen atoms in total. The standard InChI is InChI=1S/C24H24ClN3O/c25-11-3-4-12-13(5-7-27-14(12)9-11)26-6-1-2-8-28-20-15-16-18-17(15)24(28,29)21-19(20)22(16)10-23(18,21)22/h3-5,7,9,15-21,29H,1-2,6,8,10H2,(H,26,27). The van der Waals surface area contributed by atoms with E-state index in [1.807, 2.05) is 30.5 Å². The molecule has 1 aromatic heterocycles. The van der Waals surface area contributed by atoms with Crippen molar-refractivity contribution < 1.29 is 5.11 Å². The van der Waals surface area contributed by atoms with E-state index in [0.717, 1.165) is 82.7 Å². The van der Waals surface area contributed by atoms with Crippen LogP contribution in [0.3, 0.4) is 0 Å². The molecule has 10 atom stereocenters. The minimum Gasteiger partial charge on any atom is -0.384 e. The molecule has 2 N–H and O–H groups in total. The van der Waals surface area contributed by atoms with E-state index in [-0.39, 0.29) is 0 Å². The van der Waals surface area contributed by atoms with Gasteiger partial charge in [-0.2, -0.15) is 0 Å². The molecule has 6 saturated carbocycles. The third kappa shape index (κ3) is 1.19. The van der Waals surface area contributed by atoms with Crippen LogP contribution in [0.5, 0.6) is 0 Å². The van der Waals surface area contributed by atoms with Gasteiger partial charge in [0.2, 0.25) is 0 Å². The zero-order chi connectivity index (χ0) is 18.9. The molecule has 3 heterocycles. The van der Waals surface area contributed by atoms with Gasteiger partial charge in [-0.25, -0.2) is 0 Å². The van der Waals surface area contributed by atoms with E-state index in [0.29, 0.717) is 17.3 Å². The van der Waals surface area contributed by atoms with Crippen LogP contribution in [0.2, 0.25) is 5.02 Å². The number of nitrogens with zero attached hydrogens (tertiary/aromatic N) is 2. The van der Waals surface area contributed by atoms with Gasteiger partial charge in [-0.1, -0.05) is 11.6 Å². The number of aliphatic hydroxyl groups is 1. The molecule has 6 aliphatic carbocycles. The Morgan fingerprint density at radius 1 is 1.14 bits per heavy atom. The van der Waals surface area contributed by atoms with Crippen LogP contribution in [0.4, 0.5) is 5.69 Å². The van der Waals surface area contributed by atoms with Crippen LogP contribution in [0, 0.1) is 46.3 Å². The average molecular weight is 406 g/mol. The molecule has 29 heavy (non-hydrogen) atoms. The maximum Gasteiger partial charge on any atom is 0.125 e. The van der Waals surface area contributed by atoms with Crippen LogP contribution in [0.1, 0.15) is 19.3 Å². The molecule has 5 heteroatoms. The number of rotatable bonds is 6. The predicted molar refractivity (Wildman–Crippen MR) is 110 cm³/mol. The molecular weight excluding hydrogens is 382 g/mol. The summed E-state index contributed by atoms with van der Waals surface area (Å²) in [4.78, 5) is 7.04. The Morgan fingerprint density at radius 3 is 3.00 bits per heavy atom. The van der Waals surface area contributed by atoms with E-state index in [1.165, 1.54) is 6.42 Å². The number of halogens is 1. The first-order chi connectivity index (χ1) is 14.2. The Kier molecular flexibility index (Phi) is 2.23. The number of pyridine rings is 1. The maximum absolute atomic E-state index is 11.8. The number of fused-ring (bicyclic) bond motifs is 1. The van der Waals surface area contributed by atoms with Gasteiger partial charge in [-0.3, -0.25) is 9.88 Å². The minimum absolute atomic E-state index is 0.397. The number of benzene rings is 1. The highest BCUT2D eigenvalue weighted by molar-refractivity contribution is 6.31. The lowest BCUT2D eigenvalue weighted by atomic mass is 9.39. The van der Waals surface area contributed by atoms with Crippen molar-refractivity contribution in [1.82, 2.24) is 9.88 Å². The number of unbranched alkanes of at least 4 members (excludes halogenated alkanes) is 1. The summed E-state index contributed by atoms with van der Waals surface area (Å²) >= 11 is 6.10. The van der Waals surface area contributed by atoms with Crippen molar-refractivity contribution in [1.29, 1.82) is 0 Å². The van der Waals surface area contributed by atoms with Gasteiger partial charge in [0.1, 0.15) is 5.72 Å². The zero-order valence-electron chi connectivity index (χ0n) is 16.2. The molecule has 2 aliphatic heterocycles. The molecule has 2 aromatic rings. The second-order valence-electron chi connectivity index (χ2n) is 11.0. The van der Waals surface area contributed by atoms with Gasteiger partial charge in [-0.05, 0) is 78.0 Å². The summed E-state index contributed by atoms with van der Waals surface area (Å²) in [6.45, 7) is 2.04. The summed E-state index contributed by atoms with van der Waals surface area (Å²) in [5.41, 5.74) is 3.10. The third-order valence-electron chi connectivity index (χ3n) is 11.0. The number of hydrogen-bond donors (Lipinski definition) is 2. The number of aromatic nitrogens is 1. The normalized spacial score (nSPS) is 54.9. The van der Waals surface area contributed by atoms with Gasteiger partial charge in [0.05, 0.1) is 5.52 Å². The SMILES string of the molecule is OC12C3C4C(C5C1C16CC51C4C36)N2CCCCNc1ccnc2cc(Cl)ccc12. The Balaban J connectivity index is 0.893. The molecule has 0 amide bonds. The van der Waals surface area contributed by atoms with Crippen LogP contribution >= 0.6 is 11.6 Å². The smallest absolute Gasteiger partial charge is 0.125 e. The van der Waals surface area contributed by atoms with Crippen LogP contribution in [0.25, 0.3) is 10.9 Å². The van der Waals surface area contributed by atoms with Crippen molar-refractivity contribution in [2.75, 3.05) is 18.4 Å². The van der Waals surface area contributed by atoms with Gasteiger partial charge in [0, 0.05) is 53.3 Å². The van der Waals surface area contributed by atoms with E-state index in [2.05, 4.69) is 15.2 Å². The highest BCUT2D eigenvalue weighted by Crippen LogP contribution is 3.14. The van der Waals surface area contributed by atoms with Crippen LogP contribution in [0.15, 0.2) is 30.5 Å². The highest BCUT2D eigenvalue weighted by atomic mass is 35.5. The molecule has 2 spiro atoms. The molecule has 0 radical (unpaired) electrons. The monoisotopic (exact) mass is 405 g/mol. The van der Waals surface area contributed by atoms with Crippen molar-refractivity contribution in [2.45, 2.75) is 31.0 Å². The van der Waals surface area contributed by atoms with Gasteiger partial charge in [0.25, 0.3) is 0 Å². The Hall–Kier alpha value is -1.36. The van der Waals surface area contributed by atoms with Crippen molar-refractivity contribution >= 4 is 28.2 Å². The number of anilines is 1. The molecule has 2 saturated heterocycles. The fourth-order valence-electron chi connectivity index (χ4n) is 10.9. The van der Waals surface area contributed by atoms with Crippen molar-refractivity contribution in [3.63, 3.8) is 0 Å².